The van der Waals surface area contributed by atoms with E-state index in [1.165, 1.54) is 24.3 Å². The van der Waals surface area contributed by atoms with E-state index in [1.807, 2.05) is 67.3 Å². The smallest absolute Gasteiger partial charge is 0.321 e. The van der Waals surface area contributed by atoms with E-state index >= 15 is 4.79 Å². The van der Waals surface area contributed by atoms with Gasteiger partial charge in [0, 0.05) is 43.3 Å². The van der Waals surface area contributed by atoms with Crippen molar-refractivity contribution in [1.82, 2.24) is 9.80 Å². The summed E-state index contributed by atoms with van der Waals surface area (Å²) in [5.41, 5.74) is 2.04. The van der Waals surface area contributed by atoms with Crippen LogP contribution in [0.5, 0.6) is 11.5 Å². The predicted molar refractivity (Wildman–Crippen MR) is 218 cm³/mol. The third kappa shape index (κ3) is 8.65. The molecule has 2 amide bonds. The van der Waals surface area contributed by atoms with Crippen molar-refractivity contribution >= 4 is 17.4 Å². The monoisotopic (exact) mass is 792 g/mol. The van der Waals surface area contributed by atoms with Crippen molar-refractivity contribution < 1.29 is 33.6 Å². The fourth-order valence-corrected chi connectivity index (χ4v) is 8.38. The zero-order chi connectivity index (χ0) is 41.4. The number of nitrogens with zero attached hydrogens (tertiary/aromatic N) is 4. The van der Waals surface area contributed by atoms with E-state index in [0.29, 0.717) is 49.0 Å². The summed E-state index contributed by atoms with van der Waals surface area (Å²) in [6.07, 6.45) is -0.289. The van der Waals surface area contributed by atoms with Crippen molar-refractivity contribution in [3.8, 4) is 11.5 Å². The first-order valence-corrected chi connectivity index (χ1v) is 20.0. The van der Waals surface area contributed by atoms with Gasteiger partial charge in [-0.25, -0.2) is 4.79 Å². The molecule has 2 aliphatic heterocycles. The first-order chi connectivity index (χ1) is 27.6. The van der Waals surface area contributed by atoms with E-state index in [0.717, 1.165) is 22.6 Å². The quantitative estimate of drug-likeness (QED) is 0.0850. The van der Waals surface area contributed by atoms with Gasteiger partial charge in [0.15, 0.2) is 5.79 Å². The molecule has 1 saturated carbocycles. The summed E-state index contributed by atoms with van der Waals surface area (Å²) in [4.78, 5) is 42.2. The van der Waals surface area contributed by atoms with Gasteiger partial charge in [0.2, 0.25) is 0 Å². The van der Waals surface area contributed by atoms with Gasteiger partial charge in [-0.3, -0.25) is 20.2 Å². The van der Waals surface area contributed by atoms with Gasteiger partial charge in [0.25, 0.3) is 11.4 Å². The third-order valence-electron chi connectivity index (χ3n) is 11.1. The van der Waals surface area contributed by atoms with Crippen LogP contribution in [0.25, 0.3) is 0 Å². The van der Waals surface area contributed by atoms with Gasteiger partial charge in [0.1, 0.15) is 23.7 Å². The van der Waals surface area contributed by atoms with E-state index in [4.69, 9.17) is 18.9 Å². The molecule has 4 aromatic rings. The fraction of sp³-hybridized carbons (Fsp3) is 0.444. The van der Waals surface area contributed by atoms with Gasteiger partial charge in [-0.15, -0.1) is 0 Å². The predicted octanol–water partition coefficient (Wildman–Crippen LogP) is 9.07. The van der Waals surface area contributed by atoms with Crippen LogP contribution in [0, 0.1) is 32.1 Å². The van der Waals surface area contributed by atoms with Gasteiger partial charge >= 0.3 is 6.03 Å². The Bertz CT molecular complexity index is 2120. The number of benzene rings is 4. The van der Waals surface area contributed by atoms with Crippen LogP contribution in [0.1, 0.15) is 76.1 Å². The van der Waals surface area contributed by atoms with E-state index in [2.05, 4.69) is 27.7 Å². The average molecular weight is 793 g/mol. The normalized spacial score (nSPS) is 23.6. The second-order valence-corrected chi connectivity index (χ2v) is 17.0. The molecule has 0 N–H and O–H groups in total. The Balaban J connectivity index is 1.35. The van der Waals surface area contributed by atoms with E-state index in [9.17, 15) is 20.2 Å². The number of rotatable bonds is 15. The van der Waals surface area contributed by atoms with E-state index in [-0.39, 0.29) is 36.4 Å². The van der Waals surface area contributed by atoms with Crippen molar-refractivity contribution in [3.05, 3.63) is 140 Å². The Morgan fingerprint density at radius 2 is 1.28 bits per heavy atom. The maximum Gasteiger partial charge on any atom is 0.321 e. The standard InChI is InChI=1S/C45H52N4O9/c1-29(2)27-55-37-17-13-31(14-18-37)23-40-41-42(58-44(5,6)57-41)45(24-39(45)34-15-19-38(20-16-34)56-28-30(3)4)47(26-33-10-8-12-36(22-33)49(53)54)43(50)46(40)25-32-9-7-11-35(21-32)48(51)52/h7-22,29-30,39-42H,23-28H2,1-6H3/t39?,40-,41+,42-,45?/m1/s1. The van der Waals surface area contributed by atoms with Gasteiger partial charge in [-0.2, -0.15) is 0 Å². The number of amides is 2. The van der Waals surface area contributed by atoms with Crippen LogP contribution in [0.4, 0.5) is 16.2 Å². The van der Waals surface area contributed by atoms with Crippen molar-refractivity contribution in [2.75, 3.05) is 13.2 Å². The van der Waals surface area contributed by atoms with Crippen molar-refractivity contribution in [3.63, 3.8) is 0 Å². The molecule has 4 aromatic carbocycles. The summed E-state index contributed by atoms with van der Waals surface area (Å²) < 4.78 is 25.8. The van der Waals surface area contributed by atoms with Crippen LogP contribution in [-0.4, -0.2) is 68.5 Å². The molecular weight excluding hydrogens is 741 g/mol. The Hall–Kier alpha value is -5.53. The van der Waals surface area contributed by atoms with E-state index < -0.39 is 39.4 Å². The molecule has 1 spiro atoms. The summed E-state index contributed by atoms with van der Waals surface area (Å²) >= 11 is 0. The summed E-state index contributed by atoms with van der Waals surface area (Å²) in [6.45, 7) is 13.4. The Kier molecular flexibility index (Phi) is 11.5. The summed E-state index contributed by atoms with van der Waals surface area (Å²) in [7, 11) is 0. The van der Waals surface area contributed by atoms with Gasteiger partial charge < -0.3 is 28.7 Å². The molecule has 13 heteroatoms. The first-order valence-electron chi connectivity index (χ1n) is 20.0. The van der Waals surface area contributed by atoms with Crippen LogP contribution in [0.3, 0.4) is 0 Å². The third-order valence-corrected chi connectivity index (χ3v) is 11.1. The van der Waals surface area contributed by atoms with Gasteiger partial charge in [-0.1, -0.05) is 76.2 Å². The van der Waals surface area contributed by atoms with Crippen LogP contribution >= 0.6 is 0 Å². The molecule has 3 fully saturated rings. The number of fused-ring (bicyclic) bond motifs is 2. The Morgan fingerprint density at radius 1 is 0.741 bits per heavy atom. The first kappa shape index (κ1) is 40.7. The van der Waals surface area contributed by atoms with Crippen LogP contribution < -0.4 is 9.47 Å². The zero-order valence-electron chi connectivity index (χ0n) is 33.9. The lowest BCUT2D eigenvalue weighted by Crippen LogP contribution is -2.52. The molecule has 306 valence electrons. The average Bonchev–Trinajstić information content (AvgIpc) is 3.86. The highest BCUT2D eigenvalue weighted by Gasteiger charge is 2.72. The molecule has 1 aliphatic carbocycles. The molecule has 0 bridgehead atoms. The second-order valence-electron chi connectivity index (χ2n) is 17.0. The molecule has 2 unspecified atom stereocenters. The summed E-state index contributed by atoms with van der Waals surface area (Å²) in [5, 5.41) is 23.8. The lowest BCUT2D eigenvalue weighted by Gasteiger charge is -2.38. The largest absolute Gasteiger partial charge is 0.493 e. The number of hydrogen-bond acceptors (Lipinski definition) is 9. The summed E-state index contributed by atoms with van der Waals surface area (Å²) in [6, 6.07) is 27.6. The topological polar surface area (TPSA) is 147 Å². The number of urea groups is 1. The molecule has 13 nitrogen and oxygen atoms in total. The highest BCUT2D eigenvalue weighted by atomic mass is 16.8. The highest BCUT2D eigenvalue weighted by Crippen LogP contribution is 2.63. The van der Waals surface area contributed by atoms with E-state index in [1.54, 1.807) is 29.2 Å². The molecular formula is C45H52N4O9. The Labute approximate surface area is 339 Å². The molecule has 2 saturated heterocycles. The number of nitro groups is 2. The highest BCUT2D eigenvalue weighted by molar-refractivity contribution is 5.78. The second kappa shape index (κ2) is 16.4. The number of ether oxygens (including phenoxy) is 4. The minimum Gasteiger partial charge on any atom is -0.493 e. The molecule has 3 aliphatic rings. The van der Waals surface area contributed by atoms with Crippen molar-refractivity contribution in [2.45, 2.75) is 103 Å². The SMILES string of the molecule is CC(C)COc1ccc(C[C@@H]2[C@@H]3OC(C)(C)O[C@H]3C3(CC3c3ccc(OCC(C)C)cc3)N(Cc3cccc([N+](=O)[O-])c3)C(=O)N2Cc2cccc([N+](=O)[O-])c2)cc1. The number of carbonyl (C=O) groups excluding carboxylic acids is 1. The maximum absolute atomic E-state index is 15.7. The minimum atomic E-state index is -1.02. The fourth-order valence-electron chi connectivity index (χ4n) is 8.38. The lowest BCUT2D eigenvalue weighted by atomic mass is 9.90. The van der Waals surface area contributed by atoms with Gasteiger partial charge in [0.05, 0.1) is 34.6 Å². The van der Waals surface area contributed by atoms with Crippen LogP contribution in [0.15, 0.2) is 97.1 Å². The molecule has 0 aromatic heterocycles. The summed E-state index contributed by atoms with van der Waals surface area (Å²) in [5.74, 6) is 1.02. The minimum absolute atomic E-state index is 0.0435. The molecule has 2 heterocycles. The number of nitro benzene ring substituents is 2. The van der Waals surface area contributed by atoms with Crippen LogP contribution in [-0.2, 0) is 29.0 Å². The molecule has 58 heavy (non-hydrogen) atoms. The molecule has 5 atom stereocenters. The Morgan fingerprint density at radius 3 is 1.81 bits per heavy atom. The lowest BCUT2D eigenvalue weighted by molar-refractivity contribution is -0.385. The zero-order valence-corrected chi connectivity index (χ0v) is 33.9. The number of non-ortho nitro benzene ring substituents is 2. The number of carbonyl (C=O) groups is 1. The molecule has 7 rings (SSSR count). The van der Waals surface area contributed by atoms with Crippen LogP contribution in [0.2, 0.25) is 0 Å². The van der Waals surface area contributed by atoms with Crippen molar-refractivity contribution in [1.29, 1.82) is 0 Å². The van der Waals surface area contributed by atoms with Gasteiger partial charge in [-0.05, 0) is 85.0 Å². The maximum atomic E-state index is 15.7. The molecule has 0 radical (unpaired) electrons. The number of hydrogen-bond donors (Lipinski definition) is 0. The van der Waals surface area contributed by atoms with Crippen molar-refractivity contribution in [2.24, 2.45) is 11.8 Å².